The number of nitrogens with one attached hydrogen (secondary N) is 1. The van der Waals surface area contributed by atoms with E-state index in [2.05, 4.69) is 31.2 Å². The molecule has 1 aliphatic heterocycles. The summed E-state index contributed by atoms with van der Waals surface area (Å²) in [5.74, 6) is -4.89. The standard InChI is InChI=1S/C15H11F4NO.C14H22N2O2.C2H6/c1-8(20-7-21)9-2-4-10(5-3-9)13-14(18)11(16)6-12(17)15(13)19;1-9(2)13(12-8-10(3)15-18-12)14(17)16-7-5-6-11(16)4;1-2/h2-8H,1H3,(H,20,21);8-9,11,13H,5-7H2,1-4H3;1-2H3. The van der Waals surface area contributed by atoms with Crippen LogP contribution in [0.25, 0.3) is 11.1 Å². The second-order valence-corrected chi connectivity index (χ2v) is 10.1. The summed E-state index contributed by atoms with van der Waals surface area (Å²) in [6, 6.07) is 7.79. The number of halogens is 4. The summed E-state index contributed by atoms with van der Waals surface area (Å²) < 4.78 is 59.0. The van der Waals surface area contributed by atoms with Gasteiger partial charge in [-0.2, -0.15) is 0 Å². The van der Waals surface area contributed by atoms with E-state index in [9.17, 15) is 27.2 Å². The molecule has 2 amide bonds. The highest BCUT2D eigenvalue weighted by Gasteiger charge is 2.35. The lowest BCUT2D eigenvalue weighted by Crippen LogP contribution is -2.38. The number of hydrogen-bond acceptors (Lipinski definition) is 4. The van der Waals surface area contributed by atoms with Gasteiger partial charge in [0.1, 0.15) is 11.7 Å². The van der Waals surface area contributed by atoms with Crippen molar-refractivity contribution in [3.8, 4) is 11.1 Å². The molecule has 1 aromatic heterocycles. The van der Waals surface area contributed by atoms with Crippen molar-refractivity contribution in [2.24, 2.45) is 5.92 Å². The van der Waals surface area contributed by atoms with E-state index in [-0.39, 0.29) is 35.4 Å². The van der Waals surface area contributed by atoms with Gasteiger partial charge >= 0.3 is 0 Å². The molecule has 6 nitrogen and oxygen atoms in total. The highest BCUT2D eigenvalue weighted by molar-refractivity contribution is 5.84. The molecule has 41 heavy (non-hydrogen) atoms. The van der Waals surface area contributed by atoms with Gasteiger partial charge in [-0.1, -0.05) is 57.1 Å². The summed E-state index contributed by atoms with van der Waals surface area (Å²) in [7, 11) is 0. The molecule has 3 aromatic rings. The van der Waals surface area contributed by atoms with Crippen molar-refractivity contribution < 1.29 is 31.7 Å². The lowest BCUT2D eigenvalue weighted by molar-refractivity contribution is -0.134. The van der Waals surface area contributed by atoms with Gasteiger partial charge in [0.2, 0.25) is 12.3 Å². The van der Waals surface area contributed by atoms with Crippen molar-refractivity contribution in [3.63, 3.8) is 0 Å². The van der Waals surface area contributed by atoms with Gasteiger partial charge in [-0.25, -0.2) is 17.6 Å². The Hall–Kier alpha value is -3.69. The van der Waals surface area contributed by atoms with Crippen LogP contribution < -0.4 is 5.32 Å². The minimum Gasteiger partial charge on any atom is -0.360 e. The largest absolute Gasteiger partial charge is 0.360 e. The SMILES string of the molecule is CC.CC(NC=O)c1ccc(-c2c(F)c(F)cc(F)c2F)cc1.Cc1cc(C(C(=O)N2CCCC2C)C(C)C)on1. The van der Waals surface area contributed by atoms with Crippen LogP contribution >= 0.6 is 0 Å². The summed E-state index contributed by atoms with van der Waals surface area (Å²) in [5, 5.41) is 6.42. The predicted molar refractivity (Wildman–Crippen MR) is 150 cm³/mol. The summed E-state index contributed by atoms with van der Waals surface area (Å²) in [5.41, 5.74) is 0.766. The highest BCUT2D eigenvalue weighted by atomic mass is 19.2. The Morgan fingerprint density at radius 2 is 1.63 bits per heavy atom. The average molecular weight is 578 g/mol. The molecule has 0 spiro atoms. The first kappa shape index (κ1) is 33.5. The van der Waals surface area contributed by atoms with Crippen LogP contribution in [0.5, 0.6) is 0 Å². The predicted octanol–water partition coefficient (Wildman–Crippen LogP) is 7.48. The summed E-state index contributed by atoms with van der Waals surface area (Å²) in [6.07, 6.45) is 2.74. The number of benzene rings is 2. The normalized spacial score (nSPS) is 15.8. The fraction of sp³-hybridized carbons (Fsp3) is 0.452. The average Bonchev–Trinajstić information content (AvgIpc) is 3.57. The van der Waals surface area contributed by atoms with Crippen molar-refractivity contribution in [3.05, 3.63) is 76.7 Å². The fourth-order valence-electron chi connectivity index (χ4n) is 4.67. The Morgan fingerprint density at radius 3 is 2.07 bits per heavy atom. The first-order valence-electron chi connectivity index (χ1n) is 13.8. The monoisotopic (exact) mass is 577 g/mol. The molecule has 0 bridgehead atoms. The van der Waals surface area contributed by atoms with E-state index in [0.29, 0.717) is 23.8 Å². The van der Waals surface area contributed by atoms with Crippen LogP contribution in [0, 0.1) is 36.1 Å². The van der Waals surface area contributed by atoms with Crippen LogP contribution in [-0.4, -0.2) is 35.0 Å². The Balaban J connectivity index is 0.000000273. The number of aromatic nitrogens is 1. The number of likely N-dealkylation sites (tertiary alicyclic amines) is 1. The first-order chi connectivity index (χ1) is 19.5. The van der Waals surface area contributed by atoms with Crippen LogP contribution in [0.4, 0.5) is 17.6 Å². The molecule has 0 aliphatic carbocycles. The first-order valence-corrected chi connectivity index (χ1v) is 13.8. The number of carbonyl (C=O) groups excluding carboxylic acids is 2. The van der Waals surface area contributed by atoms with Gasteiger partial charge in [0.15, 0.2) is 23.3 Å². The summed E-state index contributed by atoms with van der Waals surface area (Å²) >= 11 is 0. The van der Waals surface area contributed by atoms with E-state index in [1.807, 2.05) is 31.7 Å². The molecule has 2 heterocycles. The Bertz CT molecular complexity index is 1270. The van der Waals surface area contributed by atoms with Crippen LogP contribution in [0.15, 0.2) is 40.9 Å². The molecule has 3 unspecified atom stereocenters. The third kappa shape index (κ3) is 8.17. The number of rotatable bonds is 7. The van der Waals surface area contributed by atoms with Gasteiger partial charge in [-0.15, -0.1) is 0 Å². The third-order valence-electron chi connectivity index (χ3n) is 6.85. The van der Waals surface area contributed by atoms with E-state index in [4.69, 9.17) is 4.52 Å². The molecule has 1 N–H and O–H groups in total. The third-order valence-corrected chi connectivity index (χ3v) is 6.85. The zero-order valence-corrected chi connectivity index (χ0v) is 24.6. The molecule has 224 valence electrons. The van der Waals surface area contributed by atoms with Gasteiger partial charge in [0.25, 0.3) is 0 Å². The molecule has 10 heteroatoms. The maximum atomic E-state index is 13.7. The number of carbonyl (C=O) groups is 2. The van der Waals surface area contributed by atoms with Gasteiger partial charge in [-0.05, 0) is 50.7 Å². The Labute approximate surface area is 239 Å². The molecule has 3 atom stereocenters. The molecule has 0 radical (unpaired) electrons. The second kappa shape index (κ2) is 15.3. The molecule has 2 aromatic carbocycles. The number of aryl methyl sites for hydroxylation is 1. The van der Waals surface area contributed by atoms with Crippen LogP contribution in [0.2, 0.25) is 0 Å². The summed E-state index contributed by atoms with van der Waals surface area (Å²) in [4.78, 5) is 25.0. The van der Waals surface area contributed by atoms with Gasteiger partial charge in [-0.3, -0.25) is 9.59 Å². The smallest absolute Gasteiger partial charge is 0.233 e. The Morgan fingerprint density at radius 1 is 1.05 bits per heavy atom. The van der Waals surface area contributed by atoms with Gasteiger partial charge in [0.05, 0.1) is 17.3 Å². The van der Waals surface area contributed by atoms with E-state index in [1.54, 1.807) is 6.92 Å². The molecule has 1 fully saturated rings. The van der Waals surface area contributed by atoms with E-state index in [0.717, 1.165) is 25.1 Å². The van der Waals surface area contributed by atoms with Crippen molar-refractivity contribution in [2.45, 2.75) is 79.3 Å². The van der Waals surface area contributed by atoms with Crippen molar-refractivity contribution in [1.82, 2.24) is 15.4 Å². The molecular weight excluding hydrogens is 538 g/mol. The van der Waals surface area contributed by atoms with E-state index in [1.165, 1.54) is 24.3 Å². The van der Waals surface area contributed by atoms with Crippen molar-refractivity contribution in [2.75, 3.05) is 6.54 Å². The van der Waals surface area contributed by atoms with Gasteiger partial charge < -0.3 is 14.7 Å². The zero-order chi connectivity index (χ0) is 30.9. The Kier molecular flexibility index (Phi) is 12.5. The lowest BCUT2D eigenvalue weighted by Gasteiger charge is -2.27. The second-order valence-electron chi connectivity index (χ2n) is 10.1. The van der Waals surface area contributed by atoms with Crippen LogP contribution in [0.1, 0.15) is 83.4 Å². The van der Waals surface area contributed by atoms with E-state index < -0.39 is 28.8 Å². The number of amides is 2. The topological polar surface area (TPSA) is 75.4 Å². The minimum absolute atomic E-state index is 0.00505. The molecule has 4 rings (SSSR count). The fourth-order valence-corrected chi connectivity index (χ4v) is 4.67. The van der Waals surface area contributed by atoms with Crippen LogP contribution in [-0.2, 0) is 9.59 Å². The van der Waals surface area contributed by atoms with Crippen molar-refractivity contribution >= 4 is 12.3 Å². The number of nitrogens with zero attached hydrogens (tertiary/aromatic N) is 2. The van der Waals surface area contributed by atoms with Crippen LogP contribution in [0.3, 0.4) is 0 Å². The minimum atomic E-state index is -1.45. The molecule has 0 saturated carbocycles. The zero-order valence-electron chi connectivity index (χ0n) is 24.6. The number of hydrogen-bond donors (Lipinski definition) is 1. The quantitative estimate of drug-likeness (QED) is 0.180. The lowest BCUT2D eigenvalue weighted by atomic mass is 9.91. The molecular formula is C31H39F4N3O3. The molecule has 1 aliphatic rings. The maximum Gasteiger partial charge on any atom is 0.233 e. The van der Waals surface area contributed by atoms with Crippen molar-refractivity contribution in [1.29, 1.82) is 0 Å². The molecule has 1 saturated heterocycles. The van der Waals surface area contributed by atoms with Gasteiger partial charge in [0, 0.05) is 24.7 Å². The highest BCUT2D eigenvalue weighted by Crippen LogP contribution is 2.31. The maximum absolute atomic E-state index is 13.7. The summed E-state index contributed by atoms with van der Waals surface area (Å²) in [6.45, 7) is 14.7. The van der Waals surface area contributed by atoms with E-state index >= 15 is 0 Å².